The number of amides is 1. The second kappa shape index (κ2) is 7.83. The molecule has 4 aromatic rings. The van der Waals surface area contributed by atoms with Crippen LogP contribution in [0.25, 0.3) is 22.4 Å². The number of hydrogen-bond donors (Lipinski definition) is 2. The zero-order chi connectivity index (χ0) is 19.3. The van der Waals surface area contributed by atoms with Gasteiger partial charge in [0.1, 0.15) is 11.4 Å². The molecule has 0 bridgehead atoms. The fraction of sp³-hybridized carbons (Fsp3) is 0.150. The normalized spacial score (nSPS) is 10.9. The molecule has 8 nitrogen and oxygen atoms in total. The molecule has 0 saturated carbocycles. The number of hydrogen-bond acceptors (Lipinski definition) is 6. The summed E-state index contributed by atoms with van der Waals surface area (Å²) in [5, 5.41) is 6.71. The third-order valence-electron chi connectivity index (χ3n) is 4.20. The lowest BCUT2D eigenvalue weighted by molar-refractivity contribution is -0.121. The third kappa shape index (κ3) is 3.96. The molecule has 0 aliphatic rings. The van der Waals surface area contributed by atoms with Crippen LogP contribution in [0.15, 0.2) is 64.0 Å². The molecule has 1 amide bonds. The Hall–Kier alpha value is -3.81. The van der Waals surface area contributed by atoms with Gasteiger partial charge in [0.25, 0.3) is 5.56 Å². The largest absolute Gasteiger partial charge is 0.359 e. The molecule has 0 saturated heterocycles. The molecule has 140 valence electrons. The van der Waals surface area contributed by atoms with Gasteiger partial charge >= 0.3 is 0 Å². The summed E-state index contributed by atoms with van der Waals surface area (Å²) in [7, 11) is 0. The zero-order valence-electron chi connectivity index (χ0n) is 14.9. The number of pyridine rings is 1. The highest BCUT2D eigenvalue weighted by Gasteiger charge is 2.11. The summed E-state index contributed by atoms with van der Waals surface area (Å²) >= 11 is 0. The first-order chi connectivity index (χ1) is 13.7. The van der Waals surface area contributed by atoms with Crippen LogP contribution in [0.3, 0.4) is 0 Å². The molecule has 2 N–H and O–H groups in total. The number of fused-ring (bicyclic) bond motifs is 1. The summed E-state index contributed by atoms with van der Waals surface area (Å²) in [5.41, 5.74) is 2.74. The molecule has 3 aromatic heterocycles. The molecule has 0 radical (unpaired) electrons. The highest BCUT2D eigenvalue weighted by molar-refractivity contribution is 5.76. The molecule has 1 aromatic carbocycles. The quantitative estimate of drug-likeness (QED) is 0.534. The van der Waals surface area contributed by atoms with Crippen molar-refractivity contribution in [2.45, 2.75) is 19.4 Å². The maximum Gasteiger partial charge on any atom is 0.270 e. The van der Waals surface area contributed by atoms with E-state index in [-0.39, 0.29) is 30.9 Å². The Balaban J connectivity index is 1.34. The van der Waals surface area contributed by atoms with Gasteiger partial charge in [-0.3, -0.25) is 14.6 Å². The predicted molar refractivity (Wildman–Crippen MR) is 102 cm³/mol. The zero-order valence-corrected chi connectivity index (χ0v) is 14.9. The second-order valence-corrected chi connectivity index (χ2v) is 6.20. The van der Waals surface area contributed by atoms with Gasteiger partial charge in [-0.2, -0.15) is 0 Å². The van der Waals surface area contributed by atoms with Crippen molar-refractivity contribution in [1.29, 1.82) is 0 Å². The minimum atomic E-state index is -0.276. The lowest BCUT2D eigenvalue weighted by atomic mass is 10.2. The van der Waals surface area contributed by atoms with E-state index in [1.54, 1.807) is 18.3 Å². The molecule has 0 spiro atoms. The van der Waals surface area contributed by atoms with Crippen molar-refractivity contribution in [3.63, 3.8) is 0 Å². The molecular formula is C20H17N5O3. The summed E-state index contributed by atoms with van der Waals surface area (Å²) < 4.78 is 5.23. The highest BCUT2D eigenvalue weighted by Crippen LogP contribution is 2.16. The van der Waals surface area contributed by atoms with E-state index in [2.05, 4.69) is 25.4 Å². The van der Waals surface area contributed by atoms with E-state index in [9.17, 15) is 9.59 Å². The average Bonchev–Trinajstić information content (AvgIpc) is 3.20. The first-order valence-electron chi connectivity index (χ1n) is 8.81. The summed E-state index contributed by atoms with van der Waals surface area (Å²) in [6.07, 6.45) is 2.07. The summed E-state index contributed by atoms with van der Waals surface area (Å²) in [6.45, 7) is 0.209. The second-order valence-electron chi connectivity index (χ2n) is 6.20. The van der Waals surface area contributed by atoms with E-state index in [0.717, 1.165) is 0 Å². The predicted octanol–water partition coefficient (Wildman–Crippen LogP) is 2.22. The summed E-state index contributed by atoms with van der Waals surface area (Å²) in [4.78, 5) is 35.5. The maximum atomic E-state index is 12.1. The van der Waals surface area contributed by atoms with Crippen LogP contribution < -0.4 is 10.9 Å². The SMILES string of the molecule is O=C(CCc1nc2ccccc2[nH]c1=O)NCc1cc(-c2ccccn2)no1. The number of benzene rings is 1. The van der Waals surface area contributed by atoms with E-state index < -0.39 is 0 Å². The smallest absolute Gasteiger partial charge is 0.270 e. The molecule has 28 heavy (non-hydrogen) atoms. The number of aryl methyl sites for hydroxylation is 1. The van der Waals surface area contributed by atoms with Crippen LogP contribution >= 0.6 is 0 Å². The van der Waals surface area contributed by atoms with Crippen LogP contribution in [-0.2, 0) is 17.8 Å². The first kappa shape index (κ1) is 17.6. The number of nitrogens with zero attached hydrogens (tertiary/aromatic N) is 3. The average molecular weight is 375 g/mol. The molecule has 0 aliphatic heterocycles. The van der Waals surface area contributed by atoms with E-state index in [1.165, 1.54) is 0 Å². The van der Waals surface area contributed by atoms with Crippen molar-refractivity contribution < 1.29 is 9.32 Å². The van der Waals surface area contributed by atoms with Gasteiger partial charge in [-0.25, -0.2) is 4.98 Å². The van der Waals surface area contributed by atoms with Gasteiger partial charge in [-0.05, 0) is 24.3 Å². The Bertz CT molecular complexity index is 1170. The van der Waals surface area contributed by atoms with Gasteiger partial charge in [0.15, 0.2) is 5.76 Å². The third-order valence-corrected chi connectivity index (χ3v) is 4.20. The number of carbonyl (C=O) groups excluding carboxylic acids is 1. The van der Waals surface area contributed by atoms with E-state index in [0.29, 0.717) is 33.9 Å². The number of carbonyl (C=O) groups is 1. The van der Waals surface area contributed by atoms with Gasteiger partial charge in [-0.1, -0.05) is 23.4 Å². The number of H-pyrrole nitrogens is 1. The van der Waals surface area contributed by atoms with Gasteiger partial charge < -0.3 is 14.8 Å². The Morgan fingerprint density at radius 2 is 1.96 bits per heavy atom. The standard InChI is InChI=1S/C20H17N5O3/c26-19(9-8-17-20(27)24-16-7-2-1-6-15(16)23-17)22-12-13-11-18(25-28-13)14-5-3-4-10-21-14/h1-7,10-11H,8-9,12H2,(H,22,26)(H,24,27). The Kier molecular flexibility index (Phi) is 4.92. The molecule has 4 rings (SSSR count). The van der Waals surface area contributed by atoms with Crippen molar-refractivity contribution in [1.82, 2.24) is 25.4 Å². The summed E-state index contributed by atoms with van der Waals surface area (Å²) in [5.74, 6) is 0.320. The monoisotopic (exact) mass is 375 g/mol. The fourth-order valence-corrected chi connectivity index (χ4v) is 2.77. The van der Waals surface area contributed by atoms with Crippen LogP contribution in [0.5, 0.6) is 0 Å². The van der Waals surface area contributed by atoms with Gasteiger partial charge in [-0.15, -0.1) is 0 Å². The molecule has 0 atom stereocenters. The van der Waals surface area contributed by atoms with E-state index in [1.807, 2.05) is 36.4 Å². The molecule has 0 fully saturated rings. The van der Waals surface area contributed by atoms with Crippen LogP contribution in [0.4, 0.5) is 0 Å². The molecule has 3 heterocycles. The van der Waals surface area contributed by atoms with Gasteiger partial charge in [0.05, 0.1) is 23.3 Å². The van der Waals surface area contributed by atoms with Crippen molar-refractivity contribution >= 4 is 16.9 Å². The number of para-hydroxylation sites is 2. The number of rotatable bonds is 6. The van der Waals surface area contributed by atoms with Crippen molar-refractivity contribution in [2.24, 2.45) is 0 Å². The van der Waals surface area contributed by atoms with Crippen molar-refractivity contribution in [2.75, 3.05) is 0 Å². The highest BCUT2D eigenvalue weighted by atomic mass is 16.5. The topological polar surface area (TPSA) is 114 Å². The summed E-state index contributed by atoms with van der Waals surface area (Å²) in [6, 6.07) is 14.5. The molecular weight excluding hydrogens is 358 g/mol. The van der Waals surface area contributed by atoms with Gasteiger partial charge in [0, 0.05) is 25.1 Å². The van der Waals surface area contributed by atoms with Crippen LogP contribution in [-0.4, -0.2) is 26.0 Å². The number of aromatic nitrogens is 4. The van der Waals surface area contributed by atoms with Crippen LogP contribution in [0.1, 0.15) is 17.9 Å². The number of nitrogens with one attached hydrogen (secondary N) is 2. The van der Waals surface area contributed by atoms with Crippen LogP contribution in [0.2, 0.25) is 0 Å². The van der Waals surface area contributed by atoms with Gasteiger partial charge in [0.2, 0.25) is 5.91 Å². The lowest BCUT2D eigenvalue weighted by Crippen LogP contribution is -2.24. The molecule has 0 aliphatic carbocycles. The van der Waals surface area contributed by atoms with Crippen LogP contribution in [0, 0.1) is 0 Å². The minimum Gasteiger partial charge on any atom is -0.359 e. The Morgan fingerprint density at radius 3 is 2.82 bits per heavy atom. The molecule has 0 unspecified atom stereocenters. The lowest BCUT2D eigenvalue weighted by Gasteiger charge is -2.04. The Labute approximate surface area is 159 Å². The fourth-order valence-electron chi connectivity index (χ4n) is 2.77. The van der Waals surface area contributed by atoms with Crippen molar-refractivity contribution in [3.05, 3.63) is 76.5 Å². The number of aromatic amines is 1. The van der Waals surface area contributed by atoms with Crippen molar-refractivity contribution in [3.8, 4) is 11.4 Å². The minimum absolute atomic E-state index is 0.148. The molecule has 8 heteroatoms. The Morgan fingerprint density at radius 1 is 1.11 bits per heavy atom. The van der Waals surface area contributed by atoms with E-state index in [4.69, 9.17) is 4.52 Å². The maximum absolute atomic E-state index is 12.1. The van der Waals surface area contributed by atoms with E-state index >= 15 is 0 Å². The first-order valence-corrected chi connectivity index (χ1v) is 8.81.